The number of amides is 1. The van der Waals surface area contributed by atoms with Crippen LogP contribution in [0, 0.1) is 23.7 Å². The maximum Gasteiger partial charge on any atom is 0.410 e. The van der Waals surface area contributed by atoms with Crippen LogP contribution in [-0.4, -0.2) is 42.8 Å². The highest BCUT2D eigenvalue weighted by atomic mass is 16.6. The molecule has 0 bridgehead atoms. The Kier molecular flexibility index (Phi) is 2.41. The Hall–Kier alpha value is -0.770. The predicted molar refractivity (Wildman–Crippen MR) is 64.6 cm³/mol. The van der Waals surface area contributed by atoms with E-state index in [0.29, 0.717) is 0 Å². The molecule has 2 heterocycles. The van der Waals surface area contributed by atoms with Gasteiger partial charge in [0, 0.05) is 13.1 Å². The van der Waals surface area contributed by atoms with Gasteiger partial charge in [0.05, 0.1) is 0 Å². The second kappa shape index (κ2) is 3.61. The summed E-state index contributed by atoms with van der Waals surface area (Å²) in [6.07, 6.45) is -0.127. The lowest BCUT2D eigenvalue weighted by molar-refractivity contribution is 0.0287. The molecule has 1 saturated carbocycles. The number of nitrogens with one attached hydrogen (secondary N) is 1. The molecule has 0 aromatic carbocycles. The van der Waals surface area contributed by atoms with Crippen LogP contribution in [0.4, 0.5) is 4.79 Å². The molecule has 2 saturated heterocycles. The standard InChI is InChI=1S/C13H22N2O2/c1-13(2,3)17-12(16)15-6-10-8-4-14-5-9(8)11(10)7-15/h8-11,14H,4-7H2,1-3H3/t8?,9?,10-,11?/m1/s1. The van der Waals surface area contributed by atoms with Crippen molar-refractivity contribution < 1.29 is 9.53 Å². The van der Waals surface area contributed by atoms with Gasteiger partial charge < -0.3 is 15.0 Å². The van der Waals surface area contributed by atoms with Crippen molar-refractivity contribution in [3.63, 3.8) is 0 Å². The van der Waals surface area contributed by atoms with Gasteiger partial charge in [0.25, 0.3) is 0 Å². The van der Waals surface area contributed by atoms with Crippen molar-refractivity contribution in [3.05, 3.63) is 0 Å². The molecular formula is C13H22N2O2. The molecule has 1 aliphatic carbocycles. The fourth-order valence-electron chi connectivity index (χ4n) is 3.75. The van der Waals surface area contributed by atoms with Crippen molar-refractivity contribution in [1.82, 2.24) is 10.2 Å². The van der Waals surface area contributed by atoms with E-state index in [1.165, 1.54) is 0 Å². The lowest BCUT2D eigenvalue weighted by Crippen LogP contribution is -2.44. The lowest BCUT2D eigenvalue weighted by atomic mass is 9.60. The van der Waals surface area contributed by atoms with E-state index >= 15 is 0 Å². The fourth-order valence-corrected chi connectivity index (χ4v) is 3.75. The van der Waals surface area contributed by atoms with Crippen molar-refractivity contribution in [2.75, 3.05) is 26.2 Å². The molecule has 4 nitrogen and oxygen atoms in total. The summed E-state index contributed by atoms with van der Waals surface area (Å²) in [5.74, 6) is 3.07. The Morgan fingerprint density at radius 1 is 1.12 bits per heavy atom. The lowest BCUT2D eigenvalue weighted by Gasteiger charge is -2.43. The minimum Gasteiger partial charge on any atom is -0.444 e. The summed E-state index contributed by atoms with van der Waals surface area (Å²) in [4.78, 5) is 13.9. The zero-order chi connectivity index (χ0) is 12.2. The molecule has 1 amide bonds. The summed E-state index contributed by atoms with van der Waals surface area (Å²) in [5.41, 5.74) is -0.379. The number of hydrogen-bond acceptors (Lipinski definition) is 3. The predicted octanol–water partition coefficient (Wildman–Crippen LogP) is 1.32. The second-order valence-electron chi connectivity index (χ2n) is 6.70. The first-order valence-electron chi connectivity index (χ1n) is 6.64. The van der Waals surface area contributed by atoms with Gasteiger partial charge in [0.15, 0.2) is 0 Å². The second-order valence-corrected chi connectivity index (χ2v) is 6.70. The number of fused-ring (bicyclic) bond motifs is 4. The number of likely N-dealkylation sites (tertiary alicyclic amines) is 1. The van der Waals surface area contributed by atoms with Crippen LogP contribution in [0.3, 0.4) is 0 Å². The SMILES string of the molecule is CC(C)(C)OC(=O)N1CC2C3CNCC3[C@H]2C1. The van der Waals surface area contributed by atoms with Gasteiger partial charge in [-0.05, 0) is 57.5 Å². The maximum atomic E-state index is 12.0. The third-order valence-electron chi connectivity index (χ3n) is 4.47. The largest absolute Gasteiger partial charge is 0.444 e. The number of carbonyl (C=O) groups is 1. The van der Waals surface area contributed by atoms with Gasteiger partial charge in [0.1, 0.15) is 5.60 Å². The van der Waals surface area contributed by atoms with Crippen molar-refractivity contribution >= 4 is 6.09 Å². The fraction of sp³-hybridized carbons (Fsp3) is 0.923. The smallest absolute Gasteiger partial charge is 0.410 e. The third-order valence-corrected chi connectivity index (χ3v) is 4.47. The summed E-state index contributed by atoms with van der Waals surface area (Å²) in [7, 11) is 0. The minimum absolute atomic E-state index is 0.127. The van der Waals surface area contributed by atoms with Crippen LogP contribution >= 0.6 is 0 Å². The normalized spacial score (nSPS) is 39.6. The topological polar surface area (TPSA) is 41.6 Å². The Morgan fingerprint density at radius 3 is 2.12 bits per heavy atom. The number of nitrogens with zero attached hydrogens (tertiary/aromatic N) is 1. The molecular weight excluding hydrogens is 216 g/mol. The molecule has 0 aromatic heterocycles. The van der Waals surface area contributed by atoms with E-state index in [9.17, 15) is 4.79 Å². The average molecular weight is 238 g/mol. The van der Waals surface area contributed by atoms with Gasteiger partial charge in [-0.1, -0.05) is 0 Å². The Morgan fingerprint density at radius 2 is 1.65 bits per heavy atom. The van der Waals surface area contributed by atoms with Crippen molar-refractivity contribution in [3.8, 4) is 0 Å². The van der Waals surface area contributed by atoms with Gasteiger partial charge in [-0.25, -0.2) is 4.79 Å². The molecule has 3 unspecified atom stereocenters. The third kappa shape index (κ3) is 1.82. The first-order valence-corrected chi connectivity index (χ1v) is 6.64. The van der Waals surface area contributed by atoms with Crippen molar-refractivity contribution in [2.24, 2.45) is 23.7 Å². The molecule has 2 aliphatic heterocycles. The molecule has 96 valence electrons. The molecule has 3 fully saturated rings. The Balaban J connectivity index is 1.60. The number of rotatable bonds is 0. The first-order chi connectivity index (χ1) is 7.96. The van der Waals surface area contributed by atoms with Gasteiger partial charge in [-0.2, -0.15) is 0 Å². The van der Waals surface area contributed by atoms with E-state index in [0.717, 1.165) is 49.9 Å². The van der Waals surface area contributed by atoms with Crippen molar-refractivity contribution in [1.29, 1.82) is 0 Å². The number of ether oxygens (including phenoxy) is 1. The average Bonchev–Trinajstić information content (AvgIpc) is 2.71. The van der Waals surface area contributed by atoms with E-state index in [4.69, 9.17) is 4.74 Å². The van der Waals surface area contributed by atoms with E-state index in [1.807, 2.05) is 25.7 Å². The zero-order valence-electron chi connectivity index (χ0n) is 10.9. The summed E-state index contributed by atoms with van der Waals surface area (Å²) in [6.45, 7) is 9.88. The summed E-state index contributed by atoms with van der Waals surface area (Å²) < 4.78 is 5.44. The number of hydrogen-bond donors (Lipinski definition) is 1. The van der Waals surface area contributed by atoms with Gasteiger partial charge in [0.2, 0.25) is 0 Å². The highest BCUT2D eigenvalue weighted by Crippen LogP contribution is 2.52. The van der Waals surface area contributed by atoms with Crippen LogP contribution in [0.15, 0.2) is 0 Å². The number of carbonyl (C=O) groups excluding carboxylic acids is 1. The van der Waals surface area contributed by atoms with E-state index in [1.54, 1.807) is 0 Å². The van der Waals surface area contributed by atoms with Gasteiger partial charge in [-0.15, -0.1) is 0 Å². The van der Waals surface area contributed by atoms with Crippen LogP contribution < -0.4 is 5.32 Å². The molecule has 0 aromatic rings. The van der Waals surface area contributed by atoms with Crippen LogP contribution in [-0.2, 0) is 4.74 Å². The van der Waals surface area contributed by atoms with E-state index < -0.39 is 0 Å². The quantitative estimate of drug-likeness (QED) is 0.692. The minimum atomic E-state index is -0.379. The van der Waals surface area contributed by atoms with Gasteiger partial charge >= 0.3 is 6.09 Å². The summed E-state index contributed by atoms with van der Waals surface area (Å²) in [6, 6.07) is 0. The Bertz CT molecular complexity index is 319. The first kappa shape index (κ1) is 11.3. The highest BCUT2D eigenvalue weighted by Gasteiger charge is 2.57. The van der Waals surface area contributed by atoms with Crippen LogP contribution in [0.1, 0.15) is 20.8 Å². The Labute approximate surface area is 103 Å². The molecule has 0 spiro atoms. The molecule has 3 aliphatic rings. The maximum absolute atomic E-state index is 12.0. The van der Waals surface area contributed by atoms with Crippen LogP contribution in [0.25, 0.3) is 0 Å². The highest BCUT2D eigenvalue weighted by molar-refractivity contribution is 5.68. The zero-order valence-corrected chi connectivity index (χ0v) is 10.9. The summed E-state index contributed by atoms with van der Waals surface area (Å²) >= 11 is 0. The summed E-state index contributed by atoms with van der Waals surface area (Å²) in [5, 5.41) is 3.46. The van der Waals surface area contributed by atoms with E-state index in [-0.39, 0.29) is 11.7 Å². The molecule has 0 radical (unpaired) electrons. The monoisotopic (exact) mass is 238 g/mol. The molecule has 4 heteroatoms. The van der Waals surface area contributed by atoms with E-state index in [2.05, 4.69) is 5.32 Å². The van der Waals surface area contributed by atoms with Crippen LogP contribution in [0.5, 0.6) is 0 Å². The van der Waals surface area contributed by atoms with Gasteiger partial charge in [-0.3, -0.25) is 0 Å². The molecule has 1 N–H and O–H groups in total. The molecule has 17 heavy (non-hydrogen) atoms. The van der Waals surface area contributed by atoms with Crippen molar-refractivity contribution in [2.45, 2.75) is 26.4 Å². The van der Waals surface area contributed by atoms with Crippen LogP contribution in [0.2, 0.25) is 0 Å². The molecule has 3 rings (SSSR count). The molecule has 4 atom stereocenters.